The normalized spacial score (nSPS) is 15.0. The molecule has 1 fully saturated rings. The minimum absolute atomic E-state index is 0.160. The number of nitrogens with zero attached hydrogens (tertiary/aromatic N) is 2. The van der Waals surface area contributed by atoms with Crippen molar-refractivity contribution >= 4 is 23.2 Å². The number of ether oxygens (including phenoxy) is 1. The minimum Gasteiger partial charge on any atom is -0.464 e. The maximum absolute atomic E-state index is 12.6. The number of carbonyl (C=O) groups is 2. The van der Waals surface area contributed by atoms with Gasteiger partial charge in [-0.25, -0.2) is 9.78 Å². The molecule has 5 nitrogen and oxygen atoms in total. The van der Waals surface area contributed by atoms with E-state index in [0.29, 0.717) is 17.4 Å². The predicted octanol–water partition coefficient (Wildman–Crippen LogP) is 2.43. The molecule has 0 radical (unpaired) electrons. The lowest BCUT2D eigenvalue weighted by atomic mass is 10.0. The van der Waals surface area contributed by atoms with Gasteiger partial charge < -0.3 is 9.64 Å². The number of aromatic nitrogens is 1. The lowest BCUT2D eigenvalue weighted by Crippen LogP contribution is -2.51. The summed E-state index contributed by atoms with van der Waals surface area (Å²) in [4.78, 5) is 31.0. The van der Waals surface area contributed by atoms with E-state index < -0.39 is 11.5 Å². The highest BCUT2D eigenvalue weighted by Crippen LogP contribution is 2.42. The Labute approximate surface area is 122 Å². The van der Waals surface area contributed by atoms with Crippen molar-refractivity contribution in [3.05, 3.63) is 16.1 Å². The fourth-order valence-electron chi connectivity index (χ4n) is 1.91. The third kappa shape index (κ3) is 2.70. The van der Waals surface area contributed by atoms with Crippen LogP contribution in [0.1, 0.15) is 54.9 Å². The Morgan fingerprint density at radius 1 is 1.50 bits per heavy atom. The summed E-state index contributed by atoms with van der Waals surface area (Å²) in [6.45, 7) is 5.45. The van der Waals surface area contributed by atoms with Crippen LogP contribution in [0, 0.1) is 0 Å². The molecule has 0 aliphatic heterocycles. The van der Waals surface area contributed by atoms with E-state index in [0.717, 1.165) is 18.5 Å². The molecular weight excluding hydrogens is 276 g/mol. The second-order valence-corrected chi connectivity index (χ2v) is 6.34. The van der Waals surface area contributed by atoms with Gasteiger partial charge in [-0.05, 0) is 33.6 Å². The number of hydrogen-bond acceptors (Lipinski definition) is 5. The number of rotatable bonds is 5. The number of hydrogen-bond donors (Lipinski definition) is 0. The van der Waals surface area contributed by atoms with Gasteiger partial charge in [-0.15, -0.1) is 11.3 Å². The van der Waals surface area contributed by atoms with Gasteiger partial charge in [-0.3, -0.25) is 4.79 Å². The van der Waals surface area contributed by atoms with E-state index in [9.17, 15) is 9.59 Å². The third-order valence-corrected chi connectivity index (χ3v) is 4.50. The van der Waals surface area contributed by atoms with Gasteiger partial charge in [0, 0.05) is 13.0 Å². The average Bonchev–Trinajstić information content (AvgIpc) is 3.14. The van der Waals surface area contributed by atoms with Crippen LogP contribution in [-0.2, 0) is 9.53 Å². The summed E-state index contributed by atoms with van der Waals surface area (Å²) in [5, 5.41) is 0. The van der Waals surface area contributed by atoms with Gasteiger partial charge in [-0.2, -0.15) is 0 Å². The molecule has 2 rings (SSSR count). The van der Waals surface area contributed by atoms with Crippen LogP contribution >= 0.6 is 11.3 Å². The SMILES string of the molecule is CCOC(=O)C(C)(C)N(C)C(=O)c1scnc1C1CC1. The summed E-state index contributed by atoms with van der Waals surface area (Å²) in [6, 6.07) is 0. The molecule has 20 heavy (non-hydrogen) atoms. The summed E-state index contributed by atoms with van der Waals surface area (Å²) in [5.41, 5.74) is 1.59. The van der Waals surface area contributed by atoms with Crippen molar-refractivity contribution < 1.29 is 14.3 Å². The number of amides is 1. The molecular formula is C14H20N2O3S. The monoisotopic (exact) mass is 296 g/mol. The van der Waals surface area contributed by atoms with Crippen LogP contribution in [0.5, 0.6) is 0 Å². The molecule has 0 saturated heterocycles. The van der Waals surface area contributed by atoms with Crippen LogP contribution in [-0.4, -0.2) is 41.0 Å². The topological polar surface area (TPSA) is 59.5 Å². The van der Waals surface area contributed by atoms with Gasteiger partial charge in [-0.1, -0.05) is 0 Å². The van der Waals surface area contributed by atoms with Crippen molar-refractivity contribution in [1.29, 1.82) is 0 Å². The highest BCUT2D eigenvalue weighted by atomic mass is 32.1. The number of carbonyl (C=O) groups excluding carboxylic acids is 2. The first kappa shape index (κ1) is 15.0. The molecule has 0 bridgehead atoms. The van der Waals surface area contributed by atoms with Gasteiger partial charge in [0.25, 0.3) is 5.91 Å². The highest BCUT2D eigenvalue weighted by molar-refractivity contribution is 7.11. The molecule has 110 valence electrons. The van der Waals surface area contributed by atoms with E-state index in [1.54, 1.807) is 33.3 Å². The predicted molar refractivity (Wildman–Crippen MR) is 76.9 cm³/mol. The lowest BCUT2D eigenvalue weighted by Gasteiger charge is -2.33. The van der Waals surface area contributed by atoms with Crippen molar-refractivity contribution in [1.82, 2.24) is 9.88 Å². The molecule has 1 aromatic heterocycles. The third-order valence-electron chi connectivity index (χ3n) is 3.67. The molecule has 6 heteroatoms. The molecule has 0 aromatic carbocycles. The van der Waals surface area contributed by atoms with E-state index in [1.807, 2.05) is 0 Å². The van der Waals surface area contributed by atoms with Crippen molar-refractivity contribution in [3.63, 3.8) is 0 Å². The van der Waals surface area contributed by atoms with Gasteiger partial charge in [0.15, 0.2) is 0 Å². The number of thiazole rings is 1. The van der Waals surface area contributed by atoms with Gasteiger partial charge in [0.05, 0.1) is 17.8 Å². The van der Waals surface area contributed by atoms with Crippen LogP contribution in [0.25, 0.3) is 0 Å². The average molecular weight is 296 g/mol. The molecule has 0 spiro atoms. The zero-order valence-corrected chi connectivity index (χ0v) is 13.1. The quantitative estimate of drug-likeness (QED) is 0.783. The van der Waals surface area contributed by atoms with Gasteiger partial charge >= 0.3 is 5.97 Å². The zero-order chi connectivity index (χ0) is 14.9. The minimum atomic E-state index is -0.988. The summed E-state index contributed by atoms with van der Waals surface area (Å²) in [7, 11) is 1.63. The fraction of sp³-hybridized carbons (Fsp3) is 0.643. The molecule has 0 atom stereocenters. The largest absolute Gasteiger partial charge is 0.464 e. The Bertz CT molecular complexity index is 520. The summed E-state index contributed by atoms with van der Waals surface area (Å²) in [5.74, 6) is -0.139. The van der Waals surface area contributed by atoms with E-state index in [4.69, 9.17) is 4.74 Å². The van der Waals surface area contributed by atoms with Crippen LogP contribution in [0.3, 0.4) is 0 Å². The second-order valence-electron chi connectivity index (χ2n) is 5.48. The summed E-state index contributed by atoms with van der Waals surface area (Å²) < 4.78 is 5.04. The maximum Gasteiger partial charge on any atom is 0.331 e. The Morgan fingerprint density at radius 2 is 2.15 bits per heavy atom. The van der Waals surface area contributed by atoms with Crippen molar-refractivity contribution in [2.75, 3.05) is 13.7 Å². The van der Waals surface area contributed by atoms with Crippen molar-refractivity contribution in [3.8, 4) is 0 Å². The first-order chi connectivity index (χ1) is 9.39. The lowest BCUT2D eigenvalue weighted by molar-refractivity contribution is -0.153. The van der Waals surface area contributed by atoms with Gasteiger partial charge in [0.2, 0.25) is 0 Å². The first-order valence-corrected chi connectivity index (χ1v) is 7.66. The van der Waals surface area contributed by atoms with Crippen LogP contribution in [0.4, 0.5) is 0 Å². The Balaban J connectivity index is 2.19. The van der Waals surface area contributed by atoms with E-state index in [1.165, 1.54) is 16.2 Å². The Hall–Kier alpha value is -1.43. The molecule has 1 amide bonds. The second kappa shape index (κ2) is 5.52. The van der Waals surface area contributed by atoms with Crippen LogP contribution in [0.2, 0.25) is 0 Å². The maximum atomic E-state index is 12.6. The van der Waals surface area contributed by atoms with E-state index in [-0.39, 0.29) is 5.91 Å². The summed E-state index contributed by atoms with van der Waals surface area (Å²) in [6.07, 6.45) is 2.18. The highest BCUT2D eigenvalue weighted by Gasteiger charge is 2.39. The van der Waals surface area contributed by atoms with Crippen molar-refractivity contribution in [2.24, 2.45) is 0 Å². The smallest absolute Gasteiger partial charge is 0.331 e. The van der Waals surface area contributed by atoms with Gasteiger partial charge in [0.1, 0.15) is 10.4 Å². The molecule has 1 saturated carbocycles. The Kier molecular flexibility index (Phi) is 4.13. The number of likely N-dealkylation sites (N-methyl/N-ethyl adjacent to an activating group) is 1. The van der Waals surface area contributed by atoms with Crippen molar-refractivity contribution in [2.45, 2.75) is 45.1 Å². The Morgan fingerprint density at radius 3 is 2.70 bits per heavy atom. The number of esters is 1. The molecule has 1 heterocycles. The fourth-order valence-corrected chi connectivity index (χ4v) is 2.76. The molecule has 1 aliphatic rings. The summed E-state index contributed by atoms with van der Waals surface area (Å²) >= 11 is 1.34. The molecule has 0 unspecified atom stereocenters. The van der Waals surface area contributed by atoms with E-state index in [2.05, 4.69) is 4.98 Å². The zero-order valence-electron chi connectivity index (χ0n) is 12.3. The van der Waals surface area contributed by atoms with Crippen LogP contribution < -0.4 is 0 Å². The molecule has 1 aromatic rings. The molecule has 0 N–H and O–H groups in total. The molecule has 1 aliphatic carbocycles. The van der Waals surface area contributed by atoms with Crippen LogP contribution in [0.15, 0.2) is 5.51 Å². The standard InChI is InChI=1S/C14H20N2O3S/c1-5-19-13(18)14(2,3)16(4)12(17)11-10(9-6-7-9)15-8-20-11/h8-9H,5-7H2,1-4H3. The van der Waals surface area contributed by atoms with E-state index >= 15 is 0 Å². The first-order valence-electron chi connectivity index (χ1n) is 6.78.